The molecule has 50 heavy (non-hydrogen) atoms. The Bertz CT molecular complexity index is 2140. The summed E-state index contributed by atoms with van der Waals surface area (Å²) in [4.78, 5) is 13.0. The van der Waals surface area contributed by atoms with Crippen LogP contribution < -0.4 is 10.2 Å². The van der Waals surface area contributed by atoms with Crippen molar-refractivity contribution < 1.29 is 30.8 Å². The van der Waals surface area contributed by atoms with Crippen LogP contribution in [0.1, 0.15) is 22.6 Å². The molecular formula is C35H32Cl2N4O7S2. The van der Waals surface area contributed by atoms with Crippen LogP contribution in [0.2, 0.25) is 10.0 Å². The summed E-state index contributed by atoms with van der Waals surface area (Å²) in [6.07, 6.45) is 1.23. The molecule has 0 fully saturated rings. The molecule has 260 valence electrons. The molecule has 0 bridgehead atoms. The van der Waals surface area contributed by atoms with E-state index in [9.17, 15) is 21.6 Å². The highest BCUT2D eigenvalue weighted by molar-refractivity contribution is 7.89. The lowest BCUT2D eigenvalue weighted by Gasteiger charge is -2.21. The molecule has 0 saturated heterocycles. The van der Waals surface area contributed by atoms with Gasteiger partial charge >= 0.3 is 0 Å². The van der Waals surface area contributed by atoms with Gasteiger partial charge in [0, 0.05) is 23.1 Å². The summed E-state index contributed by atoms with van der Waals surface area (Å²) >= 11 is 12.0. The first kappa shape index (κ1) is 36.8. The third-order valence-corrected chi connectivity index (χ3v) is 11.5. The smallest absolute Gasteiger partial charge is 0.255 e. The highest BCUT2D eigenvalue weighted by atomic mass is 35.5. The Morgan fingerprint density at radius 3 is 1.88 bits per heavy atom. The number of nitrogens with zero attached hydrogens (tertiary/aromatic N) is 3. The lowest BCUT2D eigenvalue weighted by Crippen LogP contribution is -2.39. The maximum atomic E-state index is 13.7. The number of sulfonamides is 2. The van der Waals surface area contributed by atoms with Crippen LogP contribution in [-0.2, 0) is 44.5 Å². The molecule has 5 rings (SSSR count). The summed E-state index contributed by atoms with van der Waals surface area (Å²) in [6.45, 7) is -0.668. The fraction of sp³-hybridized carbons (Fsp3) is 0.143. The fourth-order valence-corrected chi connectivity index (χ4v) is 7.80. The highest BCUT2D eigenvalue weighted by Crippen LogP contribution is 2.25. The van der Waals surface area contributed by atoms with E-state index in [1.54, 1.807) is 60.7 Å². The van der Waals surface area contributed by atoms with Crippen molar-refractivity contribution in [2.24, 2.45) is 5.10 Å². The lowest BCUT2D eigenvalue weighted by atomic mass is 10.2. The van der Waals surface area contributed by atoms with E-state index in [1.807, 2.05) is 6.07 Å². The van der Waals surface area contributed by atoms with Gasteiger partial charge in [-0.3, -0.25) is 4.79 Å². The Hall–Kier alpha value is -4.50. The van der Waals surface area contributed by atoms with E-state index in [1.165, 1.54) is 66.2 Å². The molecule has 1 heterocycles. The molecule has 0 atom stereocenters. The Kier molecular flexibility index (Phi) is 12.1. The average Bonchev–Trinajstić information content (AvgIpc) is 3.56. The zero-order valence-corrected chi connectivity index (χ0v) is 29.8. The SMILES string of the molecule is COc1ccc(S(=O)(=O)N(CC(=O)N/N=C\c2ccc(CN(Cc3ccc(Cl)cc3)S(=O)(=O)c3ccc(Cl)cc3)o2)Cc2ccccc2)cc1. The second-order valence-electron chi connectivity index (χ2n) is 10.9. The van der Waals surface area contributed by atoms with E-state index in [2.05, 4.69) is 10.5 Å². The van der Waals surface area contributed by atoms with Crippen molar-refractivity contribution in [1.29, 1.82) is 0 Å². The van der Waals surface area contributed by atoms with Gasteiger partial charge in [0.1, 0.15) is 17.3 Å². The normalized spacial score (nSPS) is 12.1. The lowest BCUT2D eigenvalue weighted by molar-refractivity contribution is -0.121. The van der Waals surface area contributed by atoms with Crippen LogP contribution in [0, 0.1) is 0 Å². The maximum Gasteiger partial charge on any atom is 0.255 e. The molecule has 0 radical (unpaired) electrons. The Morgan fingerprint density at radius 2 is 1.26 bits per heavy atom. The number of methoxy groups -OCH3 is 1. The largest absolute Gasteiger partial charge is 0.497 e. The van der Waals surface area contributed by atoms with E-state index in [0.717, 1.165) is 4.31 Å². The Balaban J connectivity index is 1.28. The van der Waals surface area contributed by atoms with Crippen molar-refractivity contribution in [3.05, 3.63) is 148 Å². The van der Waals surface area contributed by atoms with Crippen LogP contribution in [0.25, 0.3) is 0 Å². The number of hydrogen-bond acceptors (Lipinski definition) is 8. The molecule has 1 N–H and O–H groups in total. The van der Waals surface area contributed by atoms with E-state index in [0.29, 0.717) is 32.7 Å². The number of amides is 1. The van der Waals surface area contributed by atoms with E-state index in [4.69, 9.17) is 32.4 Å². The third kappa shape index (κ3) is 9.59. The maximum absolute atomic E-state index is 13.7. The number of halogens is 2. The molecule has 15 heteroatoms. The first-order valence-corrected chi connectivity index (χ1v) is 18.7. The van der Waals surface area contributed by atoms with Gasteiger partial charge in [0.15, 0.2) is 0 Å². The molecule has 0 aliphatic rings. The Morgan fingerprint density at radius 1 is 0.720 bits per heavy atom. The van der Waals surface area contributed by atoms with Crippen LogP contribution >= 0.6 is 23.2 Å². The zero-order chi connectivity index (χ0) is 35.7. The molecule has 4 aromatic carbocycles. The Labute approximate surface area is 300 Å². The van der Waals surface area contributed by atoms with Crippen molar-refractivity contribution >= 4 is 55.4 Å². The molecular weight excluding hydrogens is 723 g/mol. The van der Waals surface area contributed by atoms with Crippen LogP contribution in [-0.4, -0.2) is 51.2 Å². The van der Waals surface area contributed by atoms with Crippen LogP contribution in [0.4, 0.5) is 0 Å². The van der Waals surface area contributed by atoms with Crippen molar-refractivity contribution in [1.82, 2.24) is 14.0 Å². The first-order valence-electron chi connectivity index (χ1n) is 15.0. The number of ether oxygens (including phenoxy) is 1. The second kappa shape index (κ2) is 16.5. The number of carbonyl (C=O) groups is 1. The second-order valence-corrected chi connectivity index (χ2v) is 15.6. The molecule has 0 unspecified atom stereocenters. The van der Waals surface area contributed by atoms with Crippen molar-refractivity contribution in [3.63, 3.8) is 0 Å². The summed E-state index contributed by atoms with van der Waals surface area (Å²) in [7, 11) is -6.59. The monoisotopic (exact) mass is 754 g/mol. The molecule has 11 nitrogen and oxygen atoms in total. The topological polar surface area (TPSA) is 139 Å². The number of rotatable bonds is 15. The minimum atomic E-state index is -4.08. The molecule has 5 aromatic rings. The van der Waals surface area contributed by atoms with Crippen molar-refractivity contribution in [2.75, 3.05) is 13.7 Å². The van der Waals surface area contributed by atoms with Gasteiger partial charge in [0.05, 0.1) is 36.2 Å². The fourth-order valence-electron chi connectivity index (χ4n) is 4.77. The highest BCUT2D eigenvalue weighted by Gasteiger charge is 2.28. The molecule has 1 amide bonds. The van der Waals surface area contributed by atoms with Crippen LogP contribution in [0.15, 0.2) is 135 Å². The van der Waals surface area contributed by atoms with Gasteiger partial charge in [0.2, 0.25) is 20.0 Å². The van der Waals surface area contributed by atoms with E-state index < -0.39 is 32.5 Å². The number of nitrogens with one attached hydrogen (secondary N) is 1. The summed E-state index contributed by atoms with van der Waals surface area (Å²) in [6, 6.07) is 30.6. The van der Waals surface area contributed by atoms with Gasteiger partial charge in [-0.1, -0.05) is 65.7 Å². The number of carbonyl (C=O) groups excluding carboxylic acids is 1. The predicted octanol–water partition coefficient (Wildman–Crippen LogP) is 6.33. The van der Waals surface area contributed by atoms with Gasteiger partial charge < -0.3 is 9.15 Å². The predicted molar refractivity (Wildman–Crippen MR) is 191 cm³/mol. The molecule has 0 saturated carbocycles. The van der Waals surface area contributed by atoms with E-state index >= 15 is 0 Å². The zero-order valence-electron chi connectivity index (χ0n) is 26.6. The van der Waals surface area contributed by atoms with Crippen LogP contribution in [0.3, 0.4) is 0 Å². The van der Waals surface area contributed by atoms with E-state index in [-0.39, 0.29) is 35.2 Å². The molecule has 1 aromatic heterocycles. The summed E-state index contributed by atoms with van der Waals surface area (Å²) in [5.41, 5.74) is 3.74. The minimum absolute atomic E-state index is 0.00293. The van der Waals surface area contributed by atoms with Gasteiger partial charge in [-0.25, -0.2) is 22.3 Å². The number of hydrogen-bond donors (Lipinski definition) is 1. The quantitative estimate of drug-likeness (QED) is 0.0974. The standard InChI is InChI=1S/C35H32Cl2N4O7S2/c1-47-30-15-19-34(20-16-30)50(45,46)41(22-26-5-3-2-4-6-26)25-35(42)39-38-21-31-13-14-32(48-31)24-40(23-27-7-9-28(36)10-8-27)49(43,44)33-17-11-29(37)12-18-33/h2-21H,22-25H2,1H3,(H,39,42)/b38-21-. The van der Waals surface area contributed by atoms with Gasteiger partial charge in [0.25, 0.3) is 5.91 Å². The summed E-state index contributed by atoms with van der Waals surface area (Å²) in [5, 5.41) is 4.86. The number of benzene rings is 4. The molecule has 0 aliphatic heterocycles. The van der Waals surface area contributed by atoms with Gasteiger partial charge in [-0.15, -0.1) is 0 Å². The first-order chi connectivity index (χ1) is 23.9. The number of hydrazone groups is 1. The minimum Gasteiger partial charge on any atom is -0.497 e. The van der Waals surface area contributed by atoms with Gasteiger partial charge in [-0.05, 0) is 83.9 Å². The van der Waals surface area contributed by atoms with Crippen LogP contribution in [0.5, 0.6) is 5.75 Å². The summed E-state index contributed by atoms with van der Waals surface area (Å²) in [5.74, 6) is 0.333. The van der Waals surface area contributed by atoms with Gasteiger partial charge in [-0.2, -0.15) is 13.7 Å². The molecule has 0 spiro atoms. The molecule has 0 aliphatic carbocycles. The third-order valence-electron chi connectivity index (χ3n) is 7.34. The van der Waals surface area contributed by atoms with Crippen molar-refractivity contribution in [2.45, 2.75) is 29.4 Å². The average molecular weight is 756 g/mol. The summed E-state index contributed by atoms with van der Waals surface area (Å²) < 4.78 is 67.7. The van der Waals surface area contributed by atoms with Crippen molar-refractivity contribution in [3.8, 4) is 5.75 Å². The number of furan rings is 1.